The predicted octanol–water partition coefficient (Wildman–Crippen LogP) is 4.23. The van der Waals surface area contributed by atoms with E-state index in [0.717, 1.165) is 23.6 Å². The van der Waals surface area contributed by atoms with E-state index in [4.69, 9.17) is 4.74 Å². The van der Waals surface area contributed by atoms with Crippen LogP contribution in [0.3, 0.4) is 0 Å². The van der Waals surface area contributed by atoms with Crippen molar-refractivity contribution in [2.75, 3.05) is 18.5 Å². The molecule has 2 amide bonds. The molecule has 0 radical (unpaired) electrons. The van der Waals surface area contributed by atoms with Gasteiger partial charge in [0.2, 0.25) is 11.8 Å². The maximum Gasteiger partial charge on any atom is 0.311 e. The SMILES string of the molecule is CCOC(=O)[C@H]1[C@H]2C(=O)N([C@@H](CO)[C@@H](C)CC)C(C(=O)Nc3ccc4ccccc4c3)C23CC[C@]1(C)S3. The van der Waals surface area contributed by atoms with Crippen LogP contribution in [0.2, 0.25) is 0 Å². The summed E-state index contributed by atoms with van der Waals surface area (Å²) in [6.45, 7) is 7.80. The van der Waals surface area contributed by atoms with Crippen LogP contribution in [0.4, 0.5) is 5.69 Å². The van der Waals surface area contributed by atoms with Crippen LogP contribution in [0.1, 0.15) is 47.0 Å². The monoisotopic (exact) mass is 524 g/mol. The number of hydrogen-bond donors (Lipinski definition) is 2. The van der Waals surface area contributed by atoms with E-state index in [1.54, 1.807) is 23.6 Å². The molecule has 0 saturated carbocycles. The second-order valence-electron chi connectivity index (χ2n) is 10.9. The van der Waals surface area contributed by atoms with Gasteiger partial charge in [-0.05, 0) is 55.5 Å². The average Bonchev–Trinajstić information content (AvgIpc) is 3.45. The number of amides is 2. The minimum atomic E-state index is -0.797. The molecule has 2 N–H and O–H groups in total. The number of thioether (sulfide) groups is 1. The Balaban J connectivity index is 1.57. The predicted molar refractivity (Wildman–Crippen MR) is 145 cm³/mol. The highest BCUT2D eigenvalue weighted by molar-refractivity contribution is 8.02. The van der Waals surface area contributed by atoms with E-state index in [1.807, 2.05) is 63.2 Å². The third kappa shape index (κ3) is 3.95. The van der Waals surface area contributed by atoms with Gasteiger partial charge in [-0.3, -0.25) is 14.4 Å². The first-order valence-corrected chi connectivity index (χ1v) is 14.1. The molecule has 2 aromatic carbocycles. The lowest BCUT2D eigenvalue weighted by atomic mass is 9.66. The molecule has 3 aliphatic heterocycles. The molecule has 3 fully saturated rings. The molecule has 7 nitrogen and oxygen atoms in total. The molecule has 1 spiro atoms. The number of fused-ring (bicyclic) bond motifs is 2. The van der Waals surface area contributed by atoms with Crippen molar-refractivity contribution in [1.29, 1.82) is 0 Å². The zero-order valence-corrected chi connectivity index (χ0v) is 22.7. The van der Waals surface area contributed by atoms with Crippen molar-refractivity contribution < 1.29 is 24.2 Å². The number of aliphatic hydroxyl groups excluding tert-OH is 1. The van der Waals surface area contributed by atoms with Crippen molar-refractivity contribution in [1.82, 2.24) is 4.90 Å². The van der Waals surface area contributed by atoms with E-state index >= 15 is 0 Å². The quantitative estimate of drug-likeness (QED) is 0.502. The lowest BCUT2D eigenvalue weighted by molar-refractivity contribution is -0.155. The first-order valence-electron chi connectivity index (χ1n) is 13.3. The Morgan fingerprint density at radius 3 is 2.59 bits per heavy atom. The molecule has 0 aliphatic carbocycles. The molecule has 3 aliphatic rings. The summed E-state index contributed by atoms with van der Waals surface area (Å²) < 4.78 is 4.23. The topological polar surface area (TPSA) is 95.9 Å². The second-order valence-corrected chi connectivity index (χ2v) is 12.8. The summed E-state index contributed by atoms with van der Waals surface area (Å²) in [5, 5.41) is 15.6. The Kier molecular flexibility index (Phi) is 6.77. The summed E-state index contributed by atoms with van der Waals surface area (Å²) >= 11 is 1.61. The Bertz CT molecular complexity index is 1240. The van der Waals surface area contributed by atoms with Gasteiger partial charge in [0, 0.05) is 10.4 Å². The molecule has 198 valence electrons. The molecule has 8 heteroatoms. The van der Waals surface area contributed by atoms with Crippen LogP contribution >= 0.6 is 11.8 Å². The number of nitrogens with zero attached hydrogens (tertiary/aromatic N) is 1. The number of likely N-dealkylation sites (tertiary alicyclic amines) is 1. The molecule has 7 atom stereocenters. The fourth-order valence-electron chi connectivity index (χ4n) is 6.90. The molecule has 2 bridgehead atoms. The number of anilines is 1. The van der Waals surface area contributed by atoms with Crippen molar-refractivity contribution in [3.8, 4) is 0 Å². The average molecular weight is 525 g/mol. The molecule has 3 saturated heterocycles. The number of nitrogens with one attached hydrogen (secondary N) is 1. The Labute approximate surface area is 222 Å². The minimum absolute atomic E-state index is 0.0148. The number of esters is 1. The molecular formula is C29H36N2O5S. The van der Waals surface area contributed by atoms with Gasteiger partial charge in [-0.25, -0.2) is 0 Å². The normalized spacial score (nSPS) is 31.9. The summed E-state index contributed by atoms with van der Waals surface area (Å²) in [6, 6.07) is 12.4. The maximum absolute atomic E-state index is 14.2. The summed E-state index contributed by atoms with van der Waals surface area (Å²) in [7, 11) is 0. The van der Waals surface area contributed by atoms with Crippen LogP contribution in [0.5, 0.6) is 0 Å². The van der Waals surface area contributed by atoms with E-state index in [1.165, 1.54) is 0 Å². The molecule has 0 aromatic heterocycles. The Hall–Kier alpha value is -2.58. The highest BCUT2D eigenvalue weighted by Crippen LogP contribution is 2.71. The number of carbonyl (C=O) groups is 3. The molecule has 37 heavy (non-hydrogen) atoms. The fraction of sp³-hybridized carbons (Fsp3) is 0.552. The van der Waals surface area contributed by atoms with E-state index in [9.17, 15) is 19.5 Å². The summed E-state index contributed by atoms with van der Waals surface area (Å²) in [5.41, 5.74) is 0.658. The molecular weight excluding hydrogens is 488 g/mol. The lowest BCUT2D eigenvalue weighted by Gasteiger charge is -2.39. The molecule has 3 heterocycles. The Morgan fingerprint density at radius 2 is 1.92 bits per heavy atom. The van der Waals surface area contributed by atoms with E-state index < -0.39 is 33.4 Å². The number of carbonyl (C=O) groups excluding carboxylic acids is 3. The standard InChI is InChI=1S/C29H36N2O5S/c1-5-17(3)21(16-32)31-24(25(33)30-20-12-11-18-9-7-8-10-19(18)15-20)29-14-13-28(4,37-29)23(22(29)26(31)34)27(35)36-6-2/h7-12,15,17,21-24,32H,5-6,13-14,16H2,1-4H3,(H,30,33)/t17-,21-,22-,23+,24?,28-,29?/m0/s1. The number of aliphatic hydroxyl groups is 1. The van der Waals surface area contributed by atoms with Crippen molar-refractivity contribution >= 4 is 46.0 Å². The fourth-order valence-corrected chi connectivity index (χ4v) is 9.23. The van der Waals surface area contributed by atoms with E-state index in [0.29, 0.717) is 12.1 Å². The van der Waals surface area contributed by atoms with Crippen LogP contribution in [-0.4, -0.2) is 62.6 Å². The van der Waals surface area contributed by atoms with Gasteiger partial charge in [-0.15, -0.1) is 11.8 Å². The first-order chi connectivity index (χ1) is 17.7. The third-order valence-corrected chi connectivity index (χ3v) is 10.9. The summed E-state index contributed by atoms with van der Waals surface area (Å²) in [5.74, 6) is -2.13. The van der Waals surface area contributed by atoms with Crippen LogP contribution in [0.15, 0.2) is 42.5 Å². The van der Waals surface area contributed by atoms with Crippen LogP contribution in [0, 0.1) is 17.8 Å². The van der Waals surface area contributed by atoms with Crippen molar-refractivity contribution in [3.05, 3.63) is 42.5 Å². The van der Waals surface area contributed by atoms with Gasteiger partial charge in [-0.2, -0.15) is 0 Å². The number of rotatable bonds is 8. The van der Waals surface area contributed by atoms with Gasteiger partial charge >= 0.3 is 5.97 Å². The number of ether oxygens (including phenoxy) is 1. The van der Waals surface area contributed by atoms with Crippen LogP contribution < -0.4 is 5.32 Å². The van der Waals surface area contributed by atoms with Gasteiger partial charge in [0.1, 0.15) is 6.04 Å². The van der Waals surface area contributed by atoms with E-state index in [-0.39, 0.29) is 36.9 Å². The zero-order chi connectivity index (χ0) is 26.5. The maximum atomic E-state index is 14.2. The molecule has 5 rings (SSSR count). The lowest BCUT2D eigenvalue weighted by Crippen LogP contribution is -2.56. The van der Waals surface area contributed by atoms with Gasteiger partial charge < -0.3 is 20.1 Å². The largest absolute Gasteiger partial charge is 0.466 e. The molecule has 2 aromatic rings. The van der Waals surface area contributed by atoms with Crippen molar-refractivity contribution in [3.63, 3.8) is 0 Å². The van der Waals surface area contributed by atoms with Crippen LogP contribution in [-0.2, 0) is 19.1 Å². The first kappa shape index (κ1) is 26.0. The van der Waals surface area contributed by atoms with Crippen molar-refractivity contribution in [2.45, 2.75) is 68.5 Å². The smallest absolute Gasteiger partial charge is 0.311 e. The summed E-state index contributed by atoms with van der Waals surface area (Å²) in [6.07, 6.45) is 2.13. The highest BCUT2D eigenvalue weighted by atomic mass is 32.2. The number of benzene rings is 2. The third-order valence-electron chi connectivity index (χ3n) is 8.87. The Morgan fingerprint density at radius 1 is 1.19 bits per heavy atom. The van der Waals surface area contributed by atoms with Gasteiger partial charge in [0.15, 0.2) is 0 Å². The van der Waals surface area contributed by atoms with Crippen LogP contribution in [0.25, 0.3) is 10.8 Å². The summed E-state index contributed by atoms with van der Waals surface area (Å²) in [4.78, 5) is 43.2. The zero-order valence-electron chi connectivity index (χ0n) is 21.9. The van der Waals surface area contributed by atoms with Crippen molar-refractivity contribution in [2.24, 2.45) is 17.8 Å². The van der Waals surface area contributed by atoms with Gasteiger partial charge in [-0.1, -0.05) is 50.6 Å². The number of hydrogen-bond acceptors (Lipinski definition) is 6. The second kappa shape index (κ2) is 9.62. The van der Waals surface area contributed by atoms with Gasteiger partial charge in [0.25, 0.3) is 0 Å². The highest BCUT2D eigenvalue weighted by Gasteiger charge is 2.78. The van der Waals surface area contributed by atoms with E-state index in [2.05, 4.69) is 5.32 Å². The molecule has 2 unspecified atom stereocenters. The van der Waals surface area contributed by atoms with Gasteiger partial charge in [0.05, 0.1) is 35.8 Å². The minimum Gasteiger partial charge on any atom is -0.466 e.